The lowest BCUT2D eigenvalue weighted by atomic mass is 10.1. The van der Waals surface area contributed by atoms with Crippen molar-refractivity contribution in [1.82, 2.24) is 14.9 Å². The molecule has 2 amide bonds. The molecule has 1 heterocycles. The first-order valence-electron chi connectivity index (χ1n) is 9.71. The Kier molecular flexibility index (Phi) is 6.54. The van der Waals surface area contributed by atoms with Gasteiger partial charge in [0, 0.05) is 17.3 Å². The maximum atomic E-state index is 13.1. The molecule has 7 heteroatoms. The lowest BCUT2D eigenvalue weighted by Crippen LogP contribution is -2.41. The molecule has 29 heavy (non-hydrogen) atoms. The Hall–Kier alpha value is -2.86. The van der Waals surface area contributed by atoms with Gasteiger partial charge in [-0.3, -0.25) is 4.79 Å². The number of benzene rings is 2. The van der Waals surface area contributed by atoms with Crippen LogP contribution in [0.3, 0.4) is 0 Å². The summed E-state index contributed by atoms with van der Waals surface area (Å²) in [4.78, 5) is 34.9. The number of para-hydroxylation sites is 1. The molecule has 1 aromatic heterocycles. The van der Waals surface area contributed by atoms with Gasteiger partial charge < -0.3 is 15.2 Å². The van der Waals surface area contributed by atoms with Crippen LogP contribution in [-0.2, 0) is 0 Å². The molecule has 2 N–H and O–H groups in total. The number of aromatic amines is 1. The van der Waals surface area contributed by atoms with Gasteiger partial charge >= 0.3 is 6.03 Å². The highest BCUT2D eigenvalue weighted by molar-refractivity contribution is 6.31. The van der Waals surface area contributed by atoms with Crippen LogP contribution in [-0.4, -0.2) is 27.4 Å². The van der Waals surface area contributed by atoms with Gasteiger partial charge in [-0.15, -0.1) is 0 Å². The van der Waals surface area contributed by atoms with E-state index in [1.807, 2.05) is 51.1 Å². The number of carbonyl (C=O) groups is 1. The van der Waals surface area contributed by atoms with Crippen molar-refractivity contribution >= 4 is 34.2 Å². The van der Waals surface area contributed by atoms with E-state index in [4.69, 9.17) is 11.6 Å². The third-order valence-electron chi connectivity index (χ3n) is 4.61. The maximum absolute atomic E-state index is 13.1. The van der Waals surface area contributed by atoms with Crippen molar-refractivity contribution in [2.24, 2.45) is 5.92 Å². The number of hydrogen-bond acceptors (Lipinski definition) is 3. The fraction of sp³-hybridized carbons (Fsp3) is 0.318. The zero-order chi connectivity index (χ0) is 21.0. The van der Waals surface area contributed by atoms with Crippen molar-refractivity contribution in [3.8, 4) is 0 Å². The molecular weight excluding hydrogens is 388 g/mol. The number of hydrogen-bond donors (Lipinski definition) is 2. The topological polar surface area (TPSA) is 78.1 Å². The van der Waals surface area contributed by atoms with Crippen molar-refractivity contribution in [3.63, 3.8) is 0 Å². The molecule has 0 aliphatic rings. The van der Waals surface area contributed by atoms with E-state index >= 15 is 0 Å². The number of urea groups is 1. The number of carbonyl (C=O) groups excluding carboxylic acids is 1. The van der Waals surface area contributed by atoms with Crippen molar-refractivity contribution < 1.29 is 4.79 Å². The van der Waals surface area contributed by atoms with Gasteiger partial charge in [-0.05, 0) is 42.7 Å². The molecule has 3 aromatic rings. The molecule has 1 atom stereocenters. The van der Waals surface area contributed by atoms with Crippen molar-refractivity contribution in [1.29, 1.82) is 0 Å². The highest BCUT2D eigenvalue weighted by Crippen LogP contribution is 2.25. The summed E-state index contributed by atoms with van der Waals surface area (Å²) in [7, 11) is 0. The molecule has 3 rings (SSSR count). The number of rotatable bonds is 6. The van der Waals surface area contributed by atoms with E-state index in [2.05, 4.69) is 15.3 Å². The van der Waals surface area contributed by atoms with Crippen molar-refractivity contribution in [3.05, 3.63) is 69.7 Å². The molecule has 0 radical (unpaired) electrons. The molecule has 2 aromatic carbocycles. The van der Waals surface area contributed by atoms with Gasteiger partial charge in [0.05, 0.1) is 16.9 Å². The fourth-order valence-corrected chi connectivity index (χ4v) is 3.48. The van der Waals surface area contributed by atoms with Gasteiger partial charge in [0.2, 0.25) is 0 Å². The lowest BCUT2D eigenvalue weighted by molar-refractivity contribution is 0.172. The second-order valence-corrected chi connectivity index (χ2v) is 7.82. The van der Waals surface area contributed by atoms with Crippen LogP contribution in [0.1, 0.15) is 39.1 Å². The normalized spacial score (nSPS) is 12.2. The predicted molar refractivity (Wildman–Crippen MR) is 117 cm³/mol. The molecular formula is C22H25ClN4O2. The third-order valence-corrected chi connectivity index (χ3v) is 4.85. The summed E-state index contributed by atoms with van der Waals surface area (Å²) >= 11 is 6.08. The number of halogens is 1. The molecule has 6 nitrogen and oxygen atoms in total. The van der Waals surface area contributed by atoms with Crippen LogP contribution in [0.15, 0.2) is 53.3 Å². The molecule has 0 bridgehead atoms. The van der Waals surface area contributed by atoms with E-state index < -0.39 is 0 Å². The number of nitrogens with zero attached hydrogens (tertiary/aromatic N) is 2. The average molecular weight is 413 g/mol. The molecule has 0 saturated carbocycles. The SMILES string of the molecule is CCC(c1nc2cc(Cl)ccc2c(=O)[nH]1)N(CC(C)C)C(=O)Nc1ccccc1. The first-order chi connectivity index (χ1) is 13.9. The van der Waals surface area contributed by atoms with E-state index in [0.717, 1.165) is 0 Å². The summed E-state index contributed by atoms with van der Waals surface area (Å²) in [5, 5.41) is 3.92. The number of fused-ring (bicyclic) bond motifs is 1. The highest BCUT2D eigenvalue weighted by Gasteiger charge is 2.27. The summed E-state index contributed by atoms with van der Waals surface area (Å²) in [5.74, 6) is 0.698. The molecule has 0 aliphatic heterocycles. The lowest BCUT2D eigenvalue weighted by Gasteiger charge is -2.32. The summed E-state index contributed by atoms with van der Waals surface area (Å²) in [6.07, 6.45) is 0.601. The van der Waals surface area contributed by atoms with Gasteiger partial charge in [0.15, 0.2) is 0 Å². The van der Waals surface area contributed by atoms with Gasteiger partial charge in [0.1, 0.15) is 5.82 Å². The fourth-order valence-electron chi connectivity index (χ4n) is 3.31. The van der Waals surface area contributed by atoms with Crippen LogP contribution in [0.25, 0.3) is 10.9 Å². The first-order valence-corrected chi connectivity index (χ1v) is 10.1. The third kappa shape index (κ3) is 4.95. The Bertz CT molecular complexity index is 1050. The maximum Gasteiger partial charge on any atom is 0.322 e. The van der Waals surface area contributed by atoms with Crippen LogP contribution in [0.5, 0.6) is 0 Å². The largest absolute Gasteiger partial charge is 0.322 e. The van der Waals surface area contributed by atoms with E-state index in [-0.39, 0.29) is 23.6 Å². The van der Waals surface area contributed by atoms with Gasteiger partial charge in [0.25, 0.3) is 5.56 Å². The molecule has 152 valence electrons. The van der Waals surface area contributed by atoms with Gasteiger partial charge in [-0.1, -0.05) is 50.6 Å². The summed E-state index contributed by atoms with van der Waals surface area (Å²) < 4.78 is 0. The van der Waals surface area contributed by atoms with Gasteiger partial charge in [-0.25, -0.2) is 9.78 Å². The number of amides is 2. The van der Waals surface area contributed by atoms with Crippen LogP contribution < -0.4 is 10.9 Å². The second-order valence-electron chi connectivity index (χ2n) is 7.38. The predicted octanol–water partition coefficient (Wildman–Crippen LogP) is 5.22. The molecule has 0 spiro atoms. The van der Waals surface area contributed by atoms with Crippen LogP contribution >= 0.6 is 11.6 Å². The second kappa shape index (κ2) is 9.09. The Labute approximate surface area is 174 Å². The quantitative estimate of drug-likeness (QED) is 0.582. The van der Waals surface area contributed by atoms with Crippen molar-refractivity contribution in [2.45, 2.75) is 33.2 Å². The number of aromatic nitrogens is 2. The summed E-state index contributed by atoms with van der Waals surface area (Å²) in [5.41, 5.74) is 0.989. The Morgan fingerprint density at radius 1 is 1.21 bits per heavy atom. The van der Waals surface area contributed by atoms with E-state index in [9.17, 15) is 9.59 Å². The molecule has 1 unspecified atom stereocenters. The number of H-pyrrole nitrogens is 1. The Morgan fingerprint density at radius 3 is 2.59 bits per heavy atom. The molecule has 0 fully saturated rings. The summed E-state index contributed by atoms with van der Waals surface area (Å²) in [6, 6.07) is 13.7. The zero-order valence-corrected chi connectivity index (χ0v) is 17.5. The minimum atomic E-state index is -0.378. The smallest absolute Gasteiger partial charge is 0.314 e. The minimum Gasteiger partial charge on any atom is -0.314 e. The standard InChI is InChI=1S/C22H25ClN4O2/c1-4-19(20-25-18-12-15(23)10-11-17(18)21(28)26-20)27(13-14(2)3)22(29)24-16-8-6-5-7-9-16/h5-12,14,19H,4,13H2,1-3H3,(H,24,29)(H,25,26,28). The minimum absolute atomic E-state index is 0.231. The van der Waals surface area contributed by atoms with E-state index in [1.165, 1.54) is 0 Å². The van der Waals surface area contributed by atoms with E-state index in [1.54, 1.807) is 23.1 Å². The monoisotopic (exact) mass is 412 g/mol. The Morgan fingerprint density at radius 2 is 1.93 bits per heavy atom. The molecule has 0 aliphatic carbocycles. The zero-order valence-electron chi connectivity index (χ0n) is 16.8. The van der Waals surface area contributed by atoms with Crippen LogP contribution in [0, 0.1) is 5.92 Å². The molecule has 0 saturated heterocycles. The number of anilines is 1. The van der Waals surface area contributed by atoms with Gasteiger partial charge in [-0.2, -0.15) is 0 Å². The van der Waals surface area contributed by atoms with Crippen LogP contribution in [0.4, 0.5) is 10.5 Å². The van der Waals surface area contributed by atoms with Crippen molar-refractivity contribution in [2.75, 3.05) is 11.9 Å². The Balaban J connectivity index is 1.99. The first kappa shape index (κ1) is 20.9. The average Bonchev–Trinajstić information content (AvgIpc) is 2.68. The number of nitrogens with one attached hydrogen (secondary N) is 2. The summed E-state index contributed by atoms with van der Waals surface area (Å²) in [6.45, 7) is 6.59. The van der Waals surface area contributed by atoms with E-state index in [0.29, 0.717) is 40.4 Å². The van der Waals surface area contributed by atoms with Crippen LogP contribution in [0.2, 0.25) is 5.02 Å². The highest BCUT2D eigenvalue weighted by atomic mass is 35.5.